The third-order valence-electron chi connectivity index (χ3n) is 9.57. The molecule has 2 heterocycles. The lowest BCUT2D eigenvalue weighted by molar-refractivity contribution is 1.18. The Morgan fingerprint density at radius 2 is 1.09 bits per heavy atom. The van der Waals surface area contributed by atoms with Crippen molar-refractivity contribution in [3.05, 3.63) is 164 Å². The molecule has 0 saturated heterocycles. The van der Waals surface area contributed by atoms with Crippen molar-refractivity contribution in [2.75, 3.05) is 0 Å². The highest BCUT2D eigenvalue weighted by molar-refractivity contribution is 7.99. The van der Waals surface area contributed by atoms with Gasteiger partial charge < -0.3 is 4.57 Å². The maximum Gasteiger partial charge on any atom is 0.0547 e. The Labute approximate surface area is 271 Å². The summed E-state index contributed by atoms with van der Waals surface area (Å²) in [6.45, 7) is 0. The molecule has 8 aromatic carbocycles. The number of aromatic nitrogens is 1. The first-order valence-electron chi connectivity index (χ1n) is 15.8. The summed E-state index contributed by atoms with van der Waals surface area (Å²) in [4.78, 5) is 2.66. The van der Waals surface area contributed by atoms with Gasteiger partial charge in [-0.25, -0.2) is 0 Å². The number of para-hydroxylation sites is 2. The van der Waals surface area contributed by atoms with Gasteiger partial charge in [0.05, 0.1) is 11.0 Å². The molecule has 0 radical (unpaired) electrons. The molecule has 1 aliphatic rings. The van der Waals surface area contributed by atoms with E-state index in [-0.39, 0.29) is 0 Å². The molecule has 2 heteroatoms. The summed E-state index contributed by atoms with van der Waals surface area (Å²) in [6.07, 6.45) is 0. The monoisotopic (exact) mass is 601 g/mol. The molecule has 0 fully saturated rings. The third kappa shape index (κ3) is 3.77. The van der Waals surface area contributed by atoms with Crippen LogP contribution in [0.1, 0.15) is 0 Å². The molecule has 0 bridgehead atoms. The largest absolute Gasteiger partial charge is 0.309 e. The Morgan fingerprint density at radius 3 is 1.96 bits per heavy atom. The number of hydrogen-bond donors (Lipinski definition) is 0. The van der Waals surface area contributed by atoms with E-state index in [0.717, 1.165) is 0 Å². The average Bonchev–Trinajstić information content (AvgIpc) is 3.47. The highest BCUT2D eigenvalue weighted by Gasteiger charge is 2.20. The van der Waals surface area contributed by atoms with Crippen LogP contribution < -0.4 is 0 Å². The van der Waals surface area contributed by atoms with Gasteiger partial charge in [0.1, 0.15) is 0 Å². The average molecular weight is 602 g/mol. The van der Waals surface area contributed by atoms with E-state index >= 15 is 0 Å². The van der Waals surface area contributed by atoms with Gasteiger partial charge in [-0.2, -0.15) is 0 Å². The molecule has 214 valence electrons. The predicted molar refractivity (Wildman–Crippen MR) is 196 cm³/mol. The highest BCUT2D eigenvalue weighted by atomic mass is 32.2. The smallest absolute Gasteiger partial charge is 0.0547 e. The maximum absolute atomic E-state index is 2.40. The van der Waals surface area contributed by atoms with Crippen molar-refractivity contribution in [2.45, 2.75) is 9.79 Å². The second kappa shape index (κ2) is 9.97. The molecule has 1 aromatic heterocycles. The molecule has 46 heavy (non-hydrogen) atoms. The first-order chi connectivity index (χ1) is 22.8. The van der Waals surface area contributed by atoms with E-state index in [9.17, 15) is 0 Å². The second-order valence-electron chi connectivity index (χ2n) is 12.1. The molecule has 0 atom stereocenters. The minimum Gasteiger partial charge on any atom is -0.309 e. The second-order valence-corrected chi connectivity index (χ2v) is 13.2. The van der Waals surface area contributed by atoms with Crippen molar-refractivity contribution in [1.29, 1.82) is 0 Å². The van der Waals surface area contributed by atoms with Crippen molar-refractivity contribution >= 4 is 55.1 Å². The van der Waals surface area contributed by atoms with Crippen LogP contribution in [0.3, 0.4) is 0 Å². The zero-order valence-electron chi connectivity index (χ0n) is 24.9. The summed E-state index contributed by atoms with van der Waals surface area (Å²) in [5, 5.41) is 7.78. The Balaban J connectivity index is 1.14. The molecule has 0 unspecified atom stereocenters. The van der Waals surface area contributed by atoms with Crippen molar-refractivity contribution in [3.8, 4) is 39.1 Å². The molecule has 0 aliphatic carbocycles. The van der Waals surface area contributed by atoms with Gasteiger partial charge in [0, 0.05) is 31.6 Å². The number of fused-ring (bicyclic) bond motifs is 7. The molecule has 9 aromatic rings. The molecule has 0 saturated carbocycles. The summed E-state index contributed by atoms with van der Waals surface area (Å²) >= 11 is 1.88. The van der Waals surface area contributed by atoms with Gasteiger partial charge in [0.25, 0.3) is 0 Å². The standard InChI is InChI=1S/C44H27NS/c1-2-12-32(13-3-1)45-39-18-7-6-16-37(39)44-35-23-20-29(26-30(35)21-24-40(44)45)33-14-4-5-15-34(33)31-22-25-41-38(27-31)36-17-8-10-28-11-9-19-42(46-41)43(28)36/h1-27H. The lowest BCUT2D eigenvalue weighted by atomic mass is 9.90. The lowest BCUT2D eigenvalue weighted by Gasteiger charge is -2.21. The molecule has 1 aliphatic heterocycles. The van der Waals surface area contributed by atoms with Gasteiger partial charge in [-0.05, 0) is 98.1 Å². The molecular weight excluding hydrogens is 575 g/mol. The van der Waals surface area contributed by atoms with Crippen LogP contribution in [-0.2, 0) is 0 Å². The van der Waals surface area contributed by atoms with E-state index in [1.54, 1.807) is 0 Å². The van der Waals surface area contributed by atoms with E-state index in [4.69, 9.17) is 0 Å². The summed E-state index contributed by atoms with van der Waals surface area (Å²) in [6, 6.07) is 60.2. The van der Waals surface area contributed by atoms with Crippen LogP contribution in [0.5, 0.6) is 0 Å². The van der Waals surface area contributed by atoms with E-state index in [1.165, 1.54) is 92.2 Å². The molecule has 0 spiro atoms. The highest BCUT2D eigenvalue weighted by Crippen LogP contribution is 2.49. The first-order valence-corrected chi connectivity index (χ1v) is 16.6. The van der Waals surface area contributed by atoms with Crippen LogP contribution in [0.15, 0.2) is 174 Å². The molecule has 10 rings (SSSR count). The van der Waals surface area contributed by atoms with E-state index in [2.05, 4.69) is 168 Å². The zero-order valence-corrected chi connectivity index (χ0v) is 25.8. The van der Waals surface area contributed by atoms with Crippen LogP contribution in [0.2, 0.25) is 0 Å². The lowest BCUT2D eigenvalue weighted by Crippen LogP contribution is -1.94. The van der Waals surface area contributed by atoms with E-state index in [0.29, 0.717) is 0 Å². The van der Waals surface area contributed by atoms with Gasteiger partial charge in [0.2, 0.25) is 0 Å². The number of benzene rings is 8. The van der Waals surface area contributed by atoms with Crippen LogP contribution in [0, 0.1) is 0 Å². The SMILES string of the molecule is c1ccc(-n2c3ccccc3c3c4ccc(-c5ccccc5-c5ccc6c(c5)-c5cccc7cccc(c57)S6)cc4ccc32)cc1. The van der Waals surface area contributed by atoms with E-state index < -0.39 is 0 Å². The topological polar surface area (TPSA) is 4.93 Å². The molecule has 0 amide bonds. The first kappa shape index (κ1) is 25.7. The molecular formula is C44H27NS. The van der Waals surface area contributed by atoms with Crippen LogP contribution in [-0.4, -0.2) is 4.57 Å². The number of nitrogens with zero attached hydrogens (tertiary/aromatic N) is 1. The number of hydrogen-bond acceptors (Lipinski definition) is 1. The minimum absolute atomic E-state index is 1.18. The quantitative estimate of drug-likeness (QED) is 0.195. The Bertz CT molecular complexity index is 2660. The summed E-state index contributed by atoms with van der Waals surface area (Å²) < 4.78 is 2.39. The van der Waals surface area contributed by atoms with Crippen molar-refractivity contribution in [2.24, 2.45) is 0 Å². The normalized spacial score (nSPS) is 12.3. The van der Waals surface area contributed by atoms with Crippen molar-refractivity contribution in [3.63, 3.8) is 0 Å². The fourth-order valence-electron chi connectivity index (χ4n) is 7.54. The van der Waals surface area contributed by atoms with Gasteiger partial charge in [0.15, 0.2) is 0 Å². The van der Waals surface area contributed by atoms with Crippen LogP contribution >= 0.6 is 11.8 Å². The fourth-order valence-corrected chi connectivity index (χ4v) is 8.67. The summed E-state index contributed by atoms with van der Waals surface area (Å²) in [5.74, 6) is 0. The summed E-state index contributed by atoms with van der Waals surface area (Å²) in [5.41, 5.74) is 11.3. The van der Waals surface area contributed by atoms with Gasteiger partial charge in [-0.15, -0.1) is 0 Å². The molecule has 0 N–H and O–H groups in total. The Morgan fingerprint density at radius 1 is 0.370 bits per heavy atom. The third-order valence-corrected chi connectivity index (χ3v) is 10.7. The minimum atomic E-state index is 1.18. The van der Waals surface area contributed by atoms with Crippen LogP contribution in [0.4, 0.5) is 0 Å². The summed E-state index contributed by atoms with van der Waals surface area (Å²) in [7, 11) is 0. The van der Waals surface area contributed by atoms with Crippen molar-refractivity contribution in [1.82, 2.24) is 4.57 Å². The van der Waals surface area contributed by atoms with Crippen LogP contribution in [0.25, 0.3) is 82.4 Å². The number of rotatable bonds is 3. The predicted octanol–water partition coefficient (Wildman–Crippen LogP) is 12.6. The molecule has 1 nitrogen and oxygen atoms in total. The van der Waals surface area contributed by atoms with Crippen molar-refractivity contribution < 1.29 is 0 Å². The van der Waals surface area contributed by atoms with Gasteiger partial charge in [-0.3, -0.25) is 0 Å². The fraction of sp³-hybridized carbons (Fsp3) is 0. The zero-order chi connectivity index (χ0) is 30.2. The van der Waals surface area contributed by atoms with E-state index in [1.807, 2.05) is 11.8 Å². The van der Waals surface area contributed by atoms with Gasteiger partial charge >= 0.3 is 0 Å². The van der Waals surface area contributed by atoms with Gasteiger partial charge in [-0.1, -0.05) is 127 Å². The maximum atomic E-state index is 2.40. The Hall–Kier alpha value is -5.57. The Kier molecular flexibility index (Phi) is 5.58.